The van der Waals surface area contributed by atoms with Crippen LogP contribution >= 0.6 is 0 Å². The second-order valence-electron chi connectivity index (χ2n) is 4.87. The van der Waals surface area contributed by atoms with Crippen molar-refractivity contribution in [2.75, 3.05) is 13.7 Å². The molecule has 1 unspecified atom stereocenters. The van der Waals surface area contributed by atoms with E-state index in [1.54, 1.807) is 43.5 Å². The topological polar surface area (TPSA) is 58.6 Å². The van der Waals surface area contributed by atoms with E-state index in [1.807, 2.05) is 19.1 Å². The summed E-state index contributed by atoms with van der Waals surface area (Å²) in [6.07, 6.45) is -0.769. The molecular formula is C17H19NO3. The molecule has 0 bridgehead atoms. The zero-order chi connectivity index (χ0) is 15.2. The maximum absolute atomic E-state index is 12.0. The van der Waals surface area contributed by atoms with E-state index < -0.39 is 6.10 Å². The first-order valence-corrected chi connectivity index (χ1v) is 6.77. The molecule has 0 aliphatic heterocycles. The largest absolute Gasteiger partial charge is 0.497 e. The Bertz CT molecular complexity index is 608. The Morgan fingerprint density at radius 3 is 2.62 bits per heavy atom. The smallest absolute Gasteiger partial charge is 0.251 e. The van der Waals surface area contributed by atoms with E-state index >= 15 is 0 Å². The zero-order valence-electron chi connectivity index (χ0n) is 12.2. The molecule has 2 aromatic carbocycles. The minimum absolute atomic E-state index is 0.153. The number of ether oxygens (including phenoxy) is 1. The number of carbonyl (C=O) groups is 1. The number of amides is 1. The average Bonchev–Trinajstić information content (AvgIpc) is 2.53. The molecule has 2 rings (SSSR count). The van der Waals surface area contributed by atoms with Crippen LogP contribution in [0.15, 0.2) is 48.5 Å². The molecular weight excluding hydrogens is 266 g/mol. The number of aliphatic hydroxyl groups is 1. The number of hydrogen-bond donors (Lipinski definition) is 2. The molecule has 2 aromatic rings. The predicted octanol–water partition coefficient (Wildman–Crippen LogP) is 2.47. The fourth-order valence-electron chi connectivity index (χ4n) is 1.96. The number of carbonyl (C=O) groups excluding carboxylic acids is 1. The molecule has 0 radical (unpaired) electrons. The van der Waals surface area contributed by atoms with Crippen molar-refractivity contribution in [1.29, 1.82) is 0 Å². The molecule has 0 heterocycles. The summed E-state index contributed by atoms with van der Waals surface area (Å²) in [5.41, 5.74) is 2.39. The van der Waals surface area contributed by atoms with Gasteiger partial charge < -0.3 is 15.2 Å². The van der Waals surface area contributed by atoms with Crippen molar-refractivity contribution in [3.63, 3.8) is 0 Å². The van der Waals surface area contributed by atoms with Crippen LogP contribution in [0.2, 0.25) is 0 Å². The van der Waals surface area contributed by atoms with Gasteiger partial charge in [-0.3, -0.25) is 4.79 Å². The molecule has 4 heteroatoms. The van der Waals surface area contributed by atoms with Crippen LogP contribution in [0.1, 0.15) is 27.6 Å². The van der Waals surface area contributed by atoms with Crippen molar-refractivity contribution >= 4 is 5.91 Å². The molecule has 21 heavy (non-hydrogen) atoms. The highest BCUT2D eigenvalue weighted by Crippen LogP contribution is 2.18. The van der Waals surface area contributed by atoms with Gasteiger partial charge in [-0.25, -0.2) is 0 Å². The summed E-state index contributed by atoms with van der Waals surface area (Å²) in [6, 6.07) is 14.5. The fourth-order valence-corrected chi connectivity index (χ4v) is 1.96. The van der Waals surface area contributed by atoms with Gasteiger partial charge in [-0.1, -0.05) is 29.8 Å². The summed E-state index contributed by atoms with van der Waals surface area (Å²) in [5, 5.41) is 12.8. The van der Waals surface area contributed by atoms with Gasteiger partial charge in [0, 0.05) is 12.1 Å². The highest BCUT2D eigenvalue weighted by atomic mass is 16.5. The van der Waals surface area contributed by atoms with E-state index in [0.29, 0.717) is 16.9 Å². The number of aryl methyl sites for hydroxylation is 1. The molecule has 0 saturated carbocycles. The molecule has 0 aliphatic carbocycles. The van der Waals surface area contributed by atoms with Crippen molar-refractivity contribution in [2.45, 2.75) is 13.0 Å². The lowest BCUT2D eigenvalue weighted by molar-refractivity contribution is 0.0916. The van der Waals surface area contributed by atoms with Gasteiger partial charge in [0.25, 0.3) is 5.91 Å². The van der Waals surface area contributed by atoms with Crippen LogP contribution in [-0.2, 0) is 0 Å². The second kappa shape index (κ2) is 6.90. The lowest BCUT2D eigenvalue weighted by Crippen LogP contribution is -2.28. The zero-order valence-corrected chi connectivity index (χ0v) is 12.2. The van der Waals surface area contributed by atoms with Gasteiger partial charge in [-0.2, -0.15) is 0 Å². The molecule has 0 aromatic heterocycles. The van der Waals surface area contributed by atoms with Gasteiger partial charge in [-0.05, 0) is 36.8 Å². The number of rotatable bonds is 5. The van der Waals surface area contributed by atoms with E-state index in [0.717, 1.165) is 5.56 Å². The van der Waals surface area contributed by atoms with Crippen LogP contribution < -0.4 is 10.1 Å². The Kier molecular flexibility index (Phi) is 4.95. The third-order valence-electron chi connectivity index (χ3n) is 3.25. The third-order valence-corrected chi connectivity index (χ3v) is 3.25. The molecule has 110 valence electrons. The van der Waals surface area contributed by atoms with E-state index in [2.05, 4.69) is 5.32 Å². The Labute approximate surface area is 124 Å². The highest BCUT2D eigenvalue weighted by molar-refractivity contribution is 5.94. The maximum Gasteiger partial charge on any atom is 0.251 e. The number of methoxy groups -OCH3 is 1. The Hall–Kier alpha value is -2.33. The quantitative estimate of drug-likeness (QED) is 0.887. The van der Waals surface area contributed by atoms with Crippen LogP contribution in [-0.4, -0.2) is 24.7 Å². The van der Waals surface area contributed by atoms with Crippen molar-refractivity contribution in [1.82, 2.24) is 5.32 Å². The molecule has 1 atom stereocenters. The van der Waals surface area contributed by atoms with E-state index in [4.69, 9.17) is 4.74 Å². The van der Waals surface area contributed by atoms with Gasteiger partial charge in [0.1, 0.15) is 5.75 Å². The fraction of sp³-hybridized carbons (Fsp3) is 0.235. The summed E-state index contributed by atoms with van der Waals surface area (Å²) in [7, 11) is 1.57. The molecule has 0 spiro atoms. The van der Waals surface area contributed by atoms with Crippen molar-refractivity contribution < 1.29 is 14.6 Å². The standard InChI is InChI=1S/C17H19NO3/c1-12-6-8-13(9-7-12)17(20)18-11-16(19)14-4-3-5-15(10-14)21-2/h3-10,16,19H,11H2,1-2H3,(H,18,20). The number of nitrogens with one attached hydrogen (secondary N) is 1. The lowest BCUT2D eigenvalue weighted by atomic mass is 10.1. The van der Waals surface area contributed by atoms with Crippen LogP contribution in [0.3, 0.4) is 0 Å². The van der Waals surface area contributed by atoms with Crippen molar-refractivity contribution in [3.8, 4) is 5.75 Å². The molecule has 1 amide bonds. The van der Waals surface area contributed by atoms with Crippen molar-refractivity contribution in [3.05, 3.63) is 65.2 Å². The first-order valence-electron chi connectivity index (χ1n) is 6.77. The van der Waals surface area contributed by atoms with Gasteiger partial charge in [-0.15, -0.1) is 0 Å². The second-order valence-corrected chi connectivity index (χ2v) is 4.87. The Morgan fingerprint density at radius 2 is 1.95 bits per heavy atom. The minimum Gasteiger partial charge on any atom is -0.497 e. The Balaban J connectivity index is 1.95. The lowest BCUT2D eigenvalue weighted by Gasteiger charge is -2.13. The summed E-state index contributed by atoms with van der Waals surface area (Å²) in [4.78, 5) is 12.0. The molecule has 4 nitrogen and oxygen atoms in total. The monoisotopic (exact) mass is 285 g/mol. The Morgan fingerprint density at radius 1 is 1.24 bits per heavy atom. The first-order chi connectivity index (χ1) is 10.1. The van der Waals surface area contributed by atoms with Crippen LogP contribution in [0.5, 0.6) is 5.75 Å². The first kappa shape index (κ1) is 15.1. The number of hydrogen-bond acceptors (Lipinski definition) is 3. The molecule has 0 aliphatic rings. The van der Waals surface area contributed by atoms with E-state index in [-0.39, 0.29) is 12.5 Å². The number of aliphatic hydroxyl groups excluding tert-OH is 1. The van der Waals surface area contributed by atoms with E-state index in [9.17, 15) is 9.90 Å². The van der Waals surface area contributed by atoms with E-state index in [1.165, 1.54) is 0 Å². The van der Waals surface area contributed by atoms with Gasteiger partial charge in [0.05, 0.1) is 13.2 Å². The van der Waals surface area contributed by atoms with Crippen LogP contribution in [0.4, 0.5) is 0 Å². The normalized spacial score (nSPS) is 11.8. The van der Waals surface area contributed by atoms with Gasteiger partial charge in [0.2, 0.25) is 0 Å². The third kappa shape index (κ3) is 4.07. The van der Waals surface area contributed by atoms with Gasteiger partial charge >= 0.3 is 0 Å². The predicted molar refractivity (Wildman–Crippen MR) is 81.5 cm³/mol. The van der Waals surface area contributed by atoms with Crippen molar-refractivity contribution in [2.24, 2.45) is 0 Å². The minimum atomic E-state index is -0.769. The number of benzene rings is 2. The summed E-state index contributed by atoms with van der Waals surface area (Å²) in [5.74, 6) is 0.480. The van der Waals surface area contributed by atoms with Crippen LogP contribution in [0.25, 0.3) is 0 Å². The SMILES string of the molecule is COc1cccc(C(O)CNC(=O)c2ccc(C)cc2)c1. The highest BCUT2D eigenvalue weighted by Gasteiger charge is 2.11. The average molecular weight is 285 g/mol. The summed E-state index contributed by atoms with van der Waals surface area (Å²) >= 11 is 0. The van der Waals surface area contributed by atoms with Gasteiger partial charge in [0.15, 0.2) is 0 Å². The summed E-state index contributed by atoms with van der Waals surface area (Å²) in [6.45, 7) is 2.12. The summed E-state index contributed by atoms with van der Waals surface area (Å²) < 4.78 is 5.11. The van der Waals surface area contributed by atoms with Crippen LogP contribution in [0, 0.1) is 6.92 Å². The molecule has 0 fully saturated rings. The molecule has 0 saturated heterocycles. The maximum atomic E-state index is 12.0. The molecule has 2 N–H and O–H groups in total.